The van der Waals surface area contributed by atoms with Crippen molar-refractivity contribution in [2.45, 2.75) is 5.92 Å². The third kappa shape index (κ3) is 1.17. The Morgan fingerprint density at radius 2 is 2.09 bits per heavy atom. The van der Waals surface area contributed by atoms with Crippen molar-refractivity contribution >= 4 is 0 Å². The Balaban J connectivity index is 2.23. The molecule has 3 nitrogen and oxygen atoms in total. The number of aromatic amines is 1. The Hall–Kier alpha value is -1.51. The number of hydrogen-bond acceptors (Lipinski definition) is 2. The lowest BCUT2D eigenvalue weighted by Crippen LogP contribution is -2.03. The van der Waals surface area contributed by atoms with E-state index in [-0.39, 0.29) is 0 Å². The molecule has 1 aliphatic heterocycles. The molecule has 0 unspecified atom stereocenters. The summed E-state index contributed by atoms with van der Waals surface area (Å²) in [6, 6.07) is 1.98. The van der Waals surface area contributed by atoms with E-state index in [0.717, 1.165) is 5.69 Å². The average Bonchev–Trinajstić information content (AvgIpc) is 2.58. The predicted molar refractivity (Wildman–Crippen MR) is 42.7 cm³/mol. The van der Waals surface area contributed by atoms with Crippen molar-refractivity contribution in [1.29, 1.82) is 0 Å². The van der Waals surface area contributed by atoms with Crippen LogP contribution in [-0.4, -0.2) is 10.2 Å². The molecular formula is C8H9N3. The van der Waals surface area contributed by atoms with Gasteiger partial charge in [-0.2, -0.15) is 5.10 Å². The Morgan fingerprint density at radius 3 is 2.73 bits per heavy atom. The quantitative estimate of drug-likeness (QED) is 0.625. The number of nitrogens with zero attached hydrogens (tertiary/aromatic N) is 1. The van der Waals surface area contributed by atoms with E-state index in [1.807, 2.05) is 18.5 Å². The molecule has 0 amide bonds. The van der Waals surface area contributed by atoms with Crippen LogP contribution in [-0.2, 0) is 0 Å². The zero-order valence-corrected chi connectivity index (χ0v) is 5.99. The molecule has 0 saturated heterocycles. The second-order valence-corrected chi connectivity index (χ2v) is 2.42. The SMILES string of the molecule is C1=CC(c2ccn[nH]2)C=CN1. The van der Waals surface area contributed by atoms with Crippen LogP contribution in [0.5, 0.6) is 0 Å². The molecule has 0 atom stereocenters. The molecule has 0 radical (unpaired) electrons. The van der Waals surface area contributed by atoms with E-state index in [2.05, 4.69) is 27.7 Å². The summed E-state index contributed by atoms with van der Waals surface area (Å²) in [5.41, 5.74) is 1.12. The summed E-state index contributed by atoms with van der Waals surface area (Å²) in [6.07, 6.45) is 9.76. The Morgan fingerprint density at radius 1 is 1.27 bits per heavy atom. The second kappa shape index (κ2) is 2.62. The smallest absolute Gasteiger partial charge is 0.0490 e. The van der Waals surface area contributed by atoms with Gasteiger partial charge in [0.15, 0.2) is 0 Å². The first-order chi connectivity index (χ1) is 5.47. The van der Waals surface area contributed by atoms with Crippen LogP contribution >= 0.6 is 0 Å². The first kappa shape index (κ1) is 6.22. The highest BCUT2D eigenvalue weighted by atomic mass is 15.1. The van der Waals surface area contributed by atoms with Gasteiger partial charge in [-0.1, -0.05) is 12.2 Å². The summed E-state index contributed by atoms with van der Waals surface area (Å²) in [7, 11) is 0. The number of rotatable bonds is 1. The van der Waals surface area contributed by atoms with Crippen LogP contribution < -0.4 is 5.32 Å². The monoisotopic (exact) mass is 147 g/mol. The lowest BCUT2D eigenvalue weighted by Gasteiger charge is -2.08. The third-order valence-corrected chi connectivity index (χ3v) is 1.68. The van der Waals surface area contributed by atoms with Gasteiger partial charge < -0.3 is 5.32 Å². The minimum atomic E-state index is 0.346. The highest BCUT2D eigenvalue weighted by Gasteiger charge is 2.05. The van der Waals surface area contributed by atoms with E-state index >= 15 is 0 Å². The van der Waals surface area contributed by atoms with Gasteiger partial charge in [0.25, 0.3) is 0 Å². The maximum Gasteiger partial charge on any atom is 0.0490 e. The van der Waals surface area contributed by atoms with E-state index in [1.165, 1.54) is 0 Å². The molecule has 0 fully saturated rings. The second-order valence-electron chi connectivity index (χ2n) is 2.42. The van der Waals surface area contributed by atoms with Crippen molar-refractivity contribution in [2.75, 3.05) is 0 Å². The number of hydrogen-bond donors (Lipinski definition) is 2. The number of H-pyrrole nitrogens is 1. The first-order valence-corrected chi connectivity index (χ1v) is 3.55. The van der Waals surface area contributed by atoms with Gasteiger partial charge in [-0.15, -0.1) is 0 Å². The summed E-state index contributed by atoms with van der Waals surface area (Å²) in [6.45, 7) is 0. The molecule has 3 heteroatoms. The molecule has 1 aromatic heterocycles. The molecule has 0 aliphatic carbocycles. The van der Waals surface area contributed by atoms with E-state index in [1.54, 1.807) is 6.20 Å². The fourth-order valence-electron chi connectivity index (χ4n) is 1.10. The van der Waals surface area contributed by atoms with Crippen LogP contribution in [0, 0.1) is 0 Å². The van der Waals surface area contributed by atoms with Crippen LogP contribution in [0.4, 0.5) is 0 Å². The van der Waals surface area contributed by atoms with Gasteiger partial charge in [-0.05, 0) is 18.5 Å². The Kier molecular flexibility index (Phi) is 1.48. The average molecular weight is 147 g/mol. The molecule has 0 bridgehead atoms. The van der Waals surface area contributed by atoms with Crippen LogP contribution in [0.15, 0.2) is 36.8 Å². The van der Waals surface area contributed by atoms with Crippen molar-refractivity contribution < 1.29 is 0 Å². The van der Waals surface area contributed by atoms with Crippen molar-refractivity contribution in [3.63, 3.8) is 0 Å². The van der Waals surface area contributed by atoms with Gasteiger partial charge in [0.1, 0.15) is 0 Å². The third-order valence-electron chi connectivity index (χ3n) is 1.68. The molecule has 0 saturated carbocycles. The Bertz CT molecular complexity index is 260. The lowest BCUT2D eigenvalue weighted by molar-refractivity contribution is 0.916. The van der Waals surface area contributed by atoms with Crippen molar-refractivity contribution in [2.24, 2.45) is 0 Å². The van der Waals surface area contributed by atoms with Crippen molar-refractivity contribution in [1.82, 2.24) is 15.5 Å². The molecule has 0 spiro atoms. The van der Waals surface area contributed by atoms with Gasteiger partial charge >= 0.3 is 0 Å². The largest absolute Gasteiger partial charge is 0.368 e. The molecule has 1 aromatic rings. The minimum absolute atomic E-state index is 0.346. The highest BCUT2D eigenvalue weighted by molar-refractivity contribution is 5.23. The summed E-state index contributed by atoms with van der Waals surface area (Å²) in [4.78, 5) is 0. The summed E-state index contributed by atoms with van der Waals surface area (Å²) in [5.74, 6) is 0.346. The molecule has 1 aliphatic rings. The topological polar surface area (TPSA) is 40.7 Å². The van der Waals surface area contributed by atoms with Crippen LogP contribution in [0.25, 0.3) is 0 Å². The standard InChI is InChI=1S/C8H9N3/c1-4-9-5-2-7(1)8-3-6-10-11-8/h1-7,9H,(H,10,11). The highest BCUT2D eigenvalue weighted by Crippen LogP contribution is 2.16. The van der Waals surface area contributed by atoms with E-state index < -0.39 is 0 Å². The minimum Gasteiger partial charge on any atom is -0.368 e. The van der Waals surface area contributed by atoms with E-state index in [0.29, 0.717) is 5.92 Å². The van der Waals surface area contributed by atoms with E-state index in [9.17, 15) is 0 Å². The molecule has 56 valence electrons. The molecule has 0 aromatic carbocycles. The molecule has 11 heavy (non-hydrogen) atoms. The fourth-order valence-corrected chi connectivity index (χ4v) is 1.10. The molecular weight excluding hydrogens is 138 g/mol. The van der Waals surface area contributed by atoms with Gasteiger partial charge in [0, 0.05) is 17.8 Å². The summed E-state index contributed by atoms with van der Waals surface area (Å²) >= 11 is 0. The number of dihydropyridines is 1. The molecule has 2 rings (SSSR count). The van der Waals surface area contributed by atoms with Gasteiger partial charge in [-0.3, -0.25) is 5.10 Å². The van der Waals surface area contributed by atoms with Crippen LogP contribution in [0.1, 0.15) is 11.6 Å². The normalized spacial score (nSPS) is 16.7. The van der Waals surface area contributed by atoms with Crippen LogP contribution in [0.2, 0.25) is 0 Å². The zero-order valence-electron chi connectivity index (χ0n) is 5.99. The van der Waals surface area contributed by atoms with Crippen molar-refractivity contribution in [3.05, 3.63) is 42.5 Å². The maximum absolute atomic E-state index is 3.88. The Labute approximate surface area is 64.8 Å². The number of allylic oxidation sites excluding steroid dienone is 2. The first-order valence-electron chi connectivity index (χ1n) is 3.55. The molecule has 2 heterocycles. The maximum atomic E-state index is 3.88. The number of aromatic nitrogens is 2. The summed E-state index contributed by atoms with van der Waals surface area (Å²) in [5, 5.41) is 9.79. The van der Waals surface area contributed by atoms with Gasteiger partial charge in [0.05, 0.1) is 0 Å². The fraction of sp³-hybridized carbons (Fsp3) is 0.125. The zero-order chi connectivity index (χ0) is 7.52. The molecule has 2 N–H and O–H groups in total. The predicted octanol–water partition coefficient (Wildman–Crippen LogP) is 1.12. The van der Waals surface area contributed by atoms with E-state index in [4.69, 9.17) is 0 Å². The van der Waals surface area contributed by atoms with Crippen LogP contribution in [0.3, 0.4) is 0 Å². The van der Waals surface area contributed by atoms with Crippen molar-refractivity contribution in [3.8, 4) is 0 Å². The lowest BCUT2D eigenvalue weighted by atomic mass is 10.1. The van der Waals surface area contributed by atoms with Gasteiger partial charge in [0.2, 0.25) is 0 Å². The number of nitrogens with one attached hydrogen (secondary N) is 2. The van der Waals surface area contributed by atoms with Gasteiger partial charge in [-0.25, -0.2) is 0 Å². The summed E-state index contributed by atoms with van der Waals surface area (Å²) < 4.78 is 0.